The van der Waals surface area contributed by atoms with Crippen LogP contribution < -0.4 is 5.73 Å². The highest BCUT2D eigenvalue weighted by Crippen LogP contribution is 2.25. The number of nitrogens with zero attached hydrogens (tertiary/aromatic N) is 1. The summed E-state index contributed by atoms with van der Waals surface area (Å²) in [7, 11) is 0. The largest absolute Gasteiger partial charge is 0.380 e. The van der Waals surface area contributed by atoms with Crippen LogP contribution in [0.3, 0.4) is 0 Å². The van der Waals surface area contributed by atoms with Crippen molar-refractivity contribution in [3.05, 3.63) is 0 Å². The Kier molecular flexibility index (Phi) is 4.18. The molecule has 16 heavy (non-hydrogen) atoms. The van der Waals surface area contributed by atoms with Gasteiger partial charge in [-0.25, -0.2) is 0 Å². The van der Waals surface area contributed by atoms with Gasteiger partial charge in [0.05, 0.1) is 6.61 Å². The van der Waals surface area contributed by atoms with Gasteiger partial charge < -0.3 is 15.4 Å². The monoisotopic (exact) mass is 226 g/mol. The topological polar surface area (TPSA) is 55.6 Å². The highest BCUT2D eigenvalue weighted by Gasteiger charge is 2.28. The Morgan fingerprint density at radius 1 is 1.12 bits per heavy atom. The van der Waals surface area contributed by atoms with Crippen molar-refractivity contribution in [3.63, 3.8) is 0 Å². The molecule has 92 valence electrons. The van der Waals surface area contributed by atoms with E-state index in [4.69, 9.17) is 10.5 Å². The molecule has 0 aromatic rings. The highest BCUT2D eigenvalue weighted by molar-refractivity contribution is 5.79. The molecule has 2 N–H and O–H groups in total. The number of hydrogen-bond donors (Lipinski definition) is 1. The first-order valence-electron chi connectivity index (χ1n) is 6.39. The van der Waals surface area contributed by atoms with Gasteiger partial charge in [0.25, 0.3) is 0 Å². The summed E-state index contributed by atoms with van der Waals surface area (Å²) in [6.45, 7) is 3.11. The minimum atomic E-state index is 0.220. The van der Waals surface area contributed by atoms with E-state index in [9.17, 15) is 4.79 Å². The number of ether oxygens (including phenoxy) is 1. The van der Waals surface area contributed by atoms with Crippen molar-refractivity contribution in [3.8, 4) is 0 Å². The van der Waals surface area contributed by atoms with Gasteiger partial charge in [0.1, 0.15) is 0 Å². The van der Waals surface area contributed by atoms with Crippen LogP contribution in [0.2, 0.25) is 0 Å². The van der Waals surface area contributed by atoms with Crippen LogP contribution in [0.5, 0.6) is 0 Å². The maximum atomic E-state index is 12.2. The fourth-order valence-corrected chi connectivity index (χ4v) is 2.59. The van der Waals surface area contributed by atoms with Gasteiger partial charge in [0.2, 0.25) is 5.91 Å². The van der Waals surface area contributed by atoms with Crippen LogP contribution in [0.15, 0.2) is 0 Å². The maximum Gasteiger partial charge on any atom is 0.225 e. The van der Waals surface area contributed by atoms with E-state index in [0.717, 1.165) is 51.8 Å². The highest BCUT2D eigenvalue weighted by atomic mass is 16.5. The quantitative estimate of drug-likeness (QED) is 0.718. The summed E-state index contributed by atoms with van der Waals surface area (Å²) in [6.07, 6.45) is 4.91. The van der Waals surface area contributed by atoms with Gasteiger partial charge in [0, 0.05) is 31.7 Å². The Balaban J connectivity index is 1.85. The molecule has 0 radical (unpaired) electrons. The minimum absolute atomic E-state index is 0.220. The Morgan fingerprint density at radius 3 is 2.62 bits per heavy atom. The van der Waals surface area contributed by atoms with E-state index in [1.54, 1.807) is 0 Å². The van der Waals surface area contributed by atoms with Crippen LogP contribution in [0, 0.1) is 5.92 Å². The van der Waals surface area contributed by atoms with Gasteiger partial charge in [-0.3, -0.25) is 4.79 Å². The van der Waals surface area contributed by atoms with E-state index in [0.29, 0.717) is 18.6 Å². The zero-order valence-electron chi connectivity index (χ0n) is 9.86. The third-order valence-corrected chi connectivity index (χ3v) is 3.66. The first-order chi connectivity index (χ1) is 7.77. The second-order valence-electron chi connectivity index (χ2n) is 4.90. The fourth-order valence-electron chi connectivity index (χ4n) is 2.59. The first-order valence-corrected chi connectivity index (χ1v) is 6.39. The smallest absolute Gasteiger partial charge is 0.225 e. The van der Waals surface area contributed by atoms with Crippen LogP contribution in [-0.2, 0) is 9.53 Å². The normalized spacial score (nSPS) is 32.2. The van der Waals surface area contributed by atoms with Crippen LogP contribution in [0.4, 0.5) is 0 Å². The minimum Gasteiger partial charge on any atom is -0.380 e. The summed E-state index contributed by atoms with van der Waals surface area (Å²) in [5.41, 5.74) is 5.86. The number of carbonyl (C=O) groups is 1. The standard InChI is InChI=1S/C12H22N2O2/c13-11-4-2-10(3-5-11)12(15)14-6-1-8-16-9-7-14/h10-11H,1-9,13H2. The molecule has 2 aliphatic rings. The molecule has 1 saturated carbocycles. The molecule has 2 rings (SSSR count). The van der Waals surface area contributed by atoms with Crippen LogP contribution in [-0.4, -0.2) is 43.2 Å². The molecular formula is C12H22N2O2. The molecule has 1 aliphatic heterocycles. The number of rotatable bonds is 1. The Bertz CT molecular complexity index is 229. The Labute approximate surface area is 97.1 Å². The van der Waals surface area contributed by atoms with Gasteiger partial charge in [-0.2, -0.15) is 0 Å². The van der Waals surface area contributed by atoms with Crippen molar-refractivity contribution in [2.45, 2.75) is 38.1 Å². The molecule has 0 aromatic carbocycles. The molecule has 0 unspecified atom stereocenters. The molecule has 1 heterocycles. The van der Waals surface area contributed by atoms with Gasteiger partial charge in [-0.15, -0.1) is 0 Å². The van der Waals surface area contributed by atoms with Crippen molar-refractivity contribution in [2.75, 3.05) is 26.3 Å². The summed E-state index contributed by atoms with van der Waals surface area (Å²) in [5.74, 6) is 0.551. The molecule has 0 aromatic heterocycles. The summed E-state index contributed by atoms with van der Waals surface area (Å²) in [5, 5.41) is 0. The Hall–Kier alpha value is -0.610. The molecule has 1 aliphatic carbocycles. The first kappa shape index (κ1) is 11.9. The van der Waals surface area contributed by atoms with Gasteiger partial charge in [0.15, 0.2) is 0 Å². The van der Waals surface area contributed by atoms with E-state index >= 15 is 0 Å². The third-order valence-electron chi connectivity index (χ3n) is 3.66. The summed E-state index contributed by atoms with van der Waals surface area (Å²) >= 11 is 0. The van der Waals surface area contributed by atoms with E-state index in [1.807, 2.05) is 4.90 Å². The molecule has 0 atom stereocenters. The van der Waals surface area contributed by atoms with E-state index in [-0.39, 0.29) is 5.92 Å². The van der Waals surface area contributed by atoms with Crippen molar-refractivity contribution < 1.29 is 9.53 Å². The predicted octanol–water partition coefficient (Wildman–Crippen LogP) is 0.753. The SMILES string of the molecule is NC1CCC(C(=O)N2CCCOCC2)CC1. The number of carbonyl (C=O) groups excluding carboxylic acids is 1. The summed E-state index contributed by atoms with van der Waals surface area (Å²) in [6, 6.07) is 0.316. The summed E-state index contributed by atoms with van der Waals surface area (Å²) in [4.78, 5) is 14.2. The van der Waals surface area contributed by atoms with Crippen molar-refractivity contribution in [1.29, 1.82) is 0 Å². The van der Waals surface area contributed by atoms with Gasteiger partial charge in [-0.05, 0) is 32.1 Å². The lowest BCUT2D eigenvalue weighted by molar-refractivity contribution is -0.136. The molecule has 4 heteroatoms. The average Bonchev–Trinajstić information content (AvgIpc) is 2.57. The zero-order chi connectivity index (χ0) is 11.4. The van der Waals surface area contributed by atoms with E-state index in [2.05, 4.69) is 0 Å². The lowest BCUT2D eigenvalue weighted by Crippen LogP contribution is -2.40. The molecular weight excluding hydrogens is 204 g/mol. The van der Waals surface area contributed by atoms with E-state index in [1.165, 1.54) is 0 Å². The predicted molar refractivity (Wildman–Crippen MR) is 61.9 cm³/mol. The average molecular weight is 226 g/mol. The lowest BCUT2D eigenvalue weighted by atomic mass is 9.85. The van der Waals surface area contributed by atoms with Crippen LogP contribution in [0.25, 0.3) is 0 Å². The van der Waals surface area contributed by atoms with Crippen molar-refractivity contribution >= 4 is 5.91 Å². The zero-order valence-corrected chi connectivity index (χ0v) is 9.86. The fraction of sp³-hybridized carbons (Fsp3) is 0.917. The lowest BCUT2D eigenvalue weighted by Gasteiger charge is -2.30. The second kappa shape index (κ2) is 5.64. The molecule has 0 bridgehead atoms. The molecule has 2 fully saturated rings. The van der Waals surface area contributed by atoms with Crippen molar-refractivity contribution in [1.82, 2.24) is 4.90 Å². The Morgan fingerprint density at radius 2 is 1.88 bits per heavy atom. The van der Waals surface area contributed by atoms with E-state index < -0.39 is 0 Å². The maximum absolute atomic E-state index is 12.2. The van der Waals surface area contributed by atoms with Gasteiger partial charge in [-0.1, -0.05) is 0 Å². The van der Waals surface area contributed by atoms with Crippen LogP contribution >= 0.6 is 0 Å². The van der Waals surface area contributed by atoms with Gasteiger partial charge >= 0.3 is 0 Å². The number of amides is 1. The number of hydrogen-bond acceptors (Lipinski definition) is 3. The molecule has 0 spiro atoms. The van der Waals surface area contributed by atoms with Crippen LogP contribution in [0.1, 0.15) is 32.1 Å². The molecule has 1 amide bonds. The molecule has 1 saturated heterocycles. The summed E-state index contributed by atoms with van der Waals surface area (Å²) < 4.78 is 5.37. The van der Waals surface area contributed by atoms with Crippen molar-refractivity contribution in [2.24, 2.45) is 11.7 Å². The molecule has 4 nitrogen and oxygen atoms in total. The second-order valence-corrected chi connectivity index (χ2v) is 4.90. The number of nitrogens with two attached hydrogens (primary N) is 1. The third kappa shape index (κ3) is 2.95.